The molecule has 37 heavy (non-hydrogen) atoms. The van der Waals surface area contributed by atoms with Crippen LogP contribution in [0.2, 0.25) is 5.02 Å². The Balaban J connectivity index is 1.50. The topological polar surface area (TPSA) is 153 Å². The number of furan rings is 1. The summed E-state index contributed by atoms with van der Waals surface area (Å²) >= 11 is 5.84. The number of unbranched alkanes of at least 4 members (excludes halogenated alkanes) is 1. The average Bonchev–Trinajstić information content (AvgIpc) is 3.26. The molecule has 0 radical (unpaired) electrons. The molecule has 3 aromatic heterocycles. The number of carbonyl (C=O) groups is 4. The summed E-state index contributed by atoms with van der Waals surface area (Å²) < 4.78 is 15.5. The van der Waals surface area contributed by atoms with Crippen LogP contribution < -0.4 is 10.6 Å². The molecule has 4 heterocycles. The van der Waals surface area contributed by atoms with Crippen LogP contribution in [0.4, 0.5) is 11.5 Å². The Labute approximate surface area is 216 Å². The highest BCUT2D eigenvalue weighted by Gasteiger charge is 2.25. The molecule has 0 atom stereocenters. The zero-order chi connectivity index (χ0) is 26.4. The second kappa shape index (κ2) is 11.8. The first-order valence-electron chi connectivity index (χ1n) is 11.5. The zero-order valence-electron chi connectivity index (χ0n) is 19.9. The molecule has 1 saturated heterocycles. The summed E-state index contributed by atoms with van der Waals surface area (Å²) in [5, 5.41) is 5.67. The van der Waals surface area contributed by atoms with Crippen molar-refractivity contribution in [3.8, 4) is 0 Å². The molecule has 4 rings (SSSR count). The lowest BCUT2D eigenvalue weighted by Crippen LogP contribution is -2.42. The lowest BCUT2D eigenvalue weighted by atomic mass is 10.2. The largest absolute Gasteiger partial charge is 0.464 e. The van der Waals surface area contributed by atoms with Crippen LogP contribution in [-0.2, 0) is 19.1 Å². The number of ether oxygens (including phenoxy) is 2. The van der Waals surface area contributed by atoms with Gasteiger partial charge in [-0.3, -0.25) is 14.4 Å². The zero-order valence-corrected chi connectivity index (χ0v) is 20.7. The van der Waals surface area contributed by atoms with Crippen LogP contribution in [0.1, 0.15) is 40.3 Å². The van der Waals surface area contributed by atoms with Crippen molar-refractivity contribution in [1.82, 2.24) is 14.9 Å². The van der Waals surface area contributed by atoms with Crippen molar-refractivity contribution in [1.29, 1.82) is 0 Å². The van der Waals surface area contributed by atoms with Crippen LogP contribution in [0, 0.1) is 0 Å². The maximum absolute atomic E-state index is 13.0. The van der Waals surface area contributed by atoms with Crippen LogP contribution in [0.5, 0.6) is 0 Å². The van der Waals surface area contributed by atoms with Crippen molar-refractivity contribution in [3.05, 3.63) is 46.9 Å². The van der Waals surface area contributed by atoms with E-state index in [4.69, 9.17) is 25.5 Å². The van der Waals surface area contributed by atoms with E-state index >= 15 is 0 Å². The van der Waals surface area contributed by atoms with Gasteiger partial charge in [-0.1, -0.05) is 11.6 Å². The second-order valence-corrected chi connectivity index (χ2v) is 8.53. The van der Waals surface area contributed by atoms with Crippen molar-refractivity contribution in [2.24, 2.45) is 0 Å². The van der Waals surface area contributed by atoms with Gasteiger partial charge in [0, 0.05) is 25.7 Å². The van der Waals surface area contributed by atoms with E-state index in [0.717, 1.165) is 0 Å². The Morgan fingerprint density at radius 3 is 2.73 bits per heavy atom. The number of nitrogens with one attached hydrogen (secondary N) is 2. The maximum atomic E-state index is 13.0. The van der Waals surface area contributed by atoms with Gasteiger partial charge in [0.05, 0.1) is 18.7 Å². The fourth-order valence-electron chi connectivity index (χ4n) is 3.67. The van der Waals surface area contributed by atoms with Crippen LogP contribution >= 0.6 is 11.6 Å². The van der Waals surface area contributed by atoms with Crippen molar-refractivity contribution < 1.29 is 33.1 Å². The van der Waals surface area contributed by atoms with Gasteiger partial charge in [-0.05, 0) is 37.1 Å². The third-order valence-electron chi connectivity index (χ3n) is 5.53. The summed E-state index contributed by atoms with van der Waals surface area (Å²) in [6.45, 7) is 1.62. The molecule has 0 saturated carbocycles. The van der Waals surface area contributed by atoms with Gasteiger partial charge in [0.15, 0.2) is 5.58 Å². The number of rotatable bonds is 9. The number of amides is 3. The Morgan fingerprint density at radius 1 is 1.16 bits per heavy atom. The van der Waals surface area contributed by atoms with E-state index in [-0.39, 0.29) is 58.9 Å². The molecule has 1 fully saturated rings. The summed E-state index contributed by atoms with van der Waals surface area (Å²) in [4.78, 5) is 59.6. The number of hydrogen-bond donors (Lipinski definition) is 2. The number of anilines is 2. The number of hydrogen-bond acceptors (Lipinski definition) is 9. The SMILES string of the molecule is COC(=O)c1ccc2oc(C(=O)Nc3ccc(Cl)cn3)c(NC(=O)CCCCN3CCOCC3=O)c2n1. The number of esters is 1. The smallest absolute Gasteiger partial charge is 0.356 e. The first-order valence-corrected chi connectivity index (χ1v) is 11.8. The summed E-state index contributed by atoms with van der Waals surface area (Å²) in [6.07, 6.45) is 2.61. The number of morpholine rings is 1. The molecule has 0 aromatic carbocycles. The minimum absolute atomic E-state index is 0.0144. The lowest BCUT2D eigenvalue weighted by molar-refractivity contribution is -0.142. The standard InChI is InChI=1S/C24H24ClN5O7/c1-35-24(34)15-6-7-16-20(27-15)21(22(37-16)23(33)28-17-8-5-14(25)12-26-17)29-18(31)4-2-3-9-30-10-11-36-13-19(30)32/h5-8,12H,2-4,9-11,13H2,1H3,(H,29,31)(H,26,28,33). The highest BCUT2D eigenvalue weighted by Crippen LogP contribution is 2.31. The maximum Gasteiger partial charge on any atom is 0.356 e. The van der Waals surface area contributed by atoms with Crippen LogP contribution in [0.3, 0.4) is 0 Å². The Hall–Kier alpha value is -4.03. The highest BCUT2D eigenvalue weighted by atomic mass is 35.5. The van der Waals surface area contributed by atoms with Gasteiger partial charge in [-0.15, -0.1) is 0 Å². The van der Waals surface area contributed by atoms with E-state index in [1.54, 1.807) is 11.0 Å². The predicted octanol–water partition coefficient (Wildman–Crippen LogP) is 2.88. The number of pyridine rings is 2. The summed E-state index contributed by atoms with van der Waals surface area (Å²) in [7, 11) is 1.22. The number of halogens is 1. The molecule has 1 aliphatic heterocycles. The van der Waals surface area contributed by atoms with Gasteiger partial charge in [-0.2, -0.15) is 0 Å². The molecular formula is C24H24ClN5O7. The van der Waals surface area contributed by atoms with Gasteiger partial charge in [-0.25, -0.2) is 14.8 Å². The molecule has 12 nitrogen and oxygen atoms in total. The third-order valence-corrected chi connectivity index (χ3v) is 5.76. The number of methoxy groups -OCH3 is 1. The molecule has 3 aromatic rings. The van der Waals surface area contributed by atoms with E-state index < -0.39 is 11.9 Å². The Kier molecular flexibility index (Phi) is 8.31. The minimum atomic E-state index is -0.687. The fourth-order valence-corrected chi connectivity index (χ4v) is 3.78. The minimum Gasteiger partial charge on any atom is -0.464 e. The Bertz CT molecular complexity index is 1330. The summed E-state index contributed by atoms with van der Waals surface area (Å²) in [5.41, 5.74) is 0.292. The van der Waals surface area contributed by atoms with E-state index in [2.05, 4.69) is 20.6 Å². The molecule has 194 valence electrons. The first-order chi connectivity index (χ1) is 17.9. The number of carbonyl (C=O) groups excluding carboxylic acids is 4. The van der Waals surface area contributed by atoms with Gasteiger partial charge in [0.25, 0.3) is 5.91 Å². The fraction of sp³-hybridized carbons (Fsp3) is 0.333. The van der Waals surface area contributed by atoms with Gasteiger partial charge >= 0.3 is 5.97 Å². The summed E-state index contributed by atoms with van der Waals surface area (Å²) in [5.74, 6) is -1.83. The summed E-state index contributed by atoms with van der Waals surface area (Å²) in [6, 6.07) is 5.91. The molecule has 0 unspecified atom stereocenters. The average molecular weight is 530 g/mol. The quantitative estimate of drug-likeness (QED) is 0.314. The monoisotopic (exact) mass is 529 g/mol. The van der Waals surface area contributed by atoms with E-state index in [1.807, 2.05) is 0 Å². The predicted molar refractivity (Wildman–Crippen MR) is 132 cm³/mol. The molecule has 13 heteroatoms. The second-order valence-electron chi connectivity index (χ2n) is 8.10. The molecule has 2 N–H and O–H groups in total. The third kappa shape index (κ3) is 6.40. The number of nitrogens with zero attached hydrogens (tertiary/aromatic N) is 3. The van der Waals surface area contributed by atoms with Crippen molar-refractivity contribution in [2.45, 2.75) is 19.3 Å². The molecule has 3 amide bonds. The number of aromatic nitrogens is 2. The van der Waals surface area contributed by atoms with Crippen LogP contribution in [-0.4, -0.2) is 72.0 Å². The van der Waals surface area contributed by atoms with Gasteiger partial charge in [0.1, 0.15) is 29.3 Å². The van der Waals surface area contributed by atoms with E-state index in [0.29, 0.717) is 37.6 Å². The van der Waals surface area contributed by atoms with E-state index in [9.17, 15) is 19.2 Å². The molecule has 1 aliphatic rings. The first kappa shape index (κ1) is 26.0. The van der Waals surface area contributed by atoms with Gasteiger partial charge in [0.2, 0.25) is 17.6 Å². The lowest BCUT2D eigenvalue weighted by Gasteiger charge is -2.26. The normalized spacial score (nSPS) is 13.5. The van der Waals surface area contributed by atoms with Crippen molar-refractivity contribution >= 4 is 57.9 Å². The van der Waals surface area contributed by atoms with E-state index in [1.165, 1.54) is 31.5 Å². The molecular weight excluding hydrogens is 506 g/mol. The molecule has 0 bridgehead atoms. The van der Waals surface area contributed by atoms with Crippen LogP contribution in [0.15, 0.2) is 34.9 Å². The Morgan fingerprint density at radius 2 is 2.00 bits per heavy atom. The van der Waals surface area contributed by atoms with Crippen LogP contribution in [0.25, 0.3) is 11.1 Å². The molecule has 0 aliphatic carbocycles. The van der Waals surface area contributed by atoms with Gasteiger partial charge < -0.3 is 29.4 Å². The van der Waals surface area contributed by atoms with Crippen molar-refractivity contribution in [3.63, 3.8) is 0 Å². The highest BCUT2D eigenvalue weighted by molar-refractivity contribution is 6.30. The molecule has 0 spiro atoms. The van der Waals surface area contributed by atoms with Crippen molar-refractivity contribution in [2.75, 3.05) is 44.0 Å². The number of fused-ring (bicyclic) bond motifs is 1.